The zero-order valence-electron chi connectivity index (χ0n) is 17.9. The largest absolute Gasteiger partial charge is 0.383 e. The van der Waals surface area contributed by atoms with E-state index < -0.39 is 11.2 Å². The summed E-state index contributed by atoms with van der Waals surface area (Å²) in [7, 11) is 0. The van der Waals surface area contributed by atoms with Crippen molar-refractivity contribution in [1.29, 1.82) is 0 Å². The number of amides is 1. The number of rotatable bonds is 11. The van der Waals surface area contributed by atoms with Gasteiger partial charge in [-0.15, -0.1) is 11.8 Å². The smallest absolute Gasteiger partial charge is 0.330 e. The van der Waals surface area contributed by atoms with Crippen molar-refractivity contribution in [2.75, 3.05) is 22.9 Å². The minimum absolute atomic E-state index is 0.0214. The van der Waals surface area contributed by atoms with Gasteiger partial charge in [-0.25, -0.2) is 4.79 Å². The highest BCUT2D eigenvalue weighted by atomic mass is 32.2. The minimum Gasteiger partial charge on any atom is -0.383 e. The van der Waals surface area contributed by atoms with Crippen molar-refractivity contribution in [3.63, 3.8) is 0 Å². The molecule has 0 atom stereocenters. The van der Waals surface area contributed by atoms with Crippen LogP contribution in [0.25, 0.3) is 0 Å². The Balaban J connectivity index is 2.27. The molecular weight excluding hydrogens is 408 g/mol. The Kier molecular flexibility index (Phi) is 8.70. The van der Waals surface area contributed by atoms with Gasteiger partial charge in [0.1, 0.15) is 5.82 Å². The van der Waals surface area contributed by atoms with Crippen LogP contribution in [-0.4, -0.2) is 37.9 Å². The molecule has 0 unspecified atom stereocenters. The first kappa shape index (κ1) is 23.7. The highest BCUT2D eigenvalue weighted by molar-refractivity contribution is 7.99. The number of nitrogens with zero attached hydrogens (tertiary/aromatic N) is 4. The summed E-state index contributed by atoms with van der Waals surface area (Å²) in [6.45, 7) is 8.47. The monoisotopic (exact) mass is 438 g/mol. The van der Waals surface area contributed by atoms with Gasteiger partial charge in [0.15, 0.2) is 11.5 Å². The van der Waals surface area contributed by atoms with E-state index in [1.54, 1.807) is 6.92 Å². The lowest BCUT2D eigenvalue weighted by molar-refractivity contribution is -0.116. The molecule has 2 aromatic rings. The molecule has 10 nitrogen and oxygen atoms in total. The van der Waals surface area contributed by atoms with Crippen LogP contribution in [0.3, 0.4) is 0 Å². The maximum Gasteiger partial charge on any atom is 0.330 e. The topological polar surface area (TPSA) is 140 Å². The molecule has 0 spiro atoms. The molecule has 0 radical (unpaired) electrons. The molecule has 0 aliphatic heterocycles. The molecule has 0 saturated carbocycles. The van der Waals surface area contributed by atoms with Gasteiger partial charge >= 0.3 is 5.69 Å². The fourth-order valence-electron chi connectivity index (χ4n) is 2.83. The second kappa shape index (κ2) is 11.0. The number of nitrogen functional groups attached to an aromatic ring is 1. The van der Waals surface area contributed by atoms with Crippen LogP contribution in [0.1, 0.15) is 51.7 Å². The number of aryl methyl sites for hydroxylation is 1. The SMILES string of the molecule is CCCCn1c(N)c(N(CCC(C)C)C(=O)CSCc2noc(C)n2)c(=O)[nH]c1=O. The van der Waals surface area contributed by atoms with E-state index in [0.29, 0.717) is 42.9 Å². The Hall–Kier alpha value is -2.56. The molecule has 0 aliphatic carbocycles. The van der Waals surface area contributed by atoms with Gasteiger partial charge in [-0.05, 0) is 18.8 Å². The van der Waals surface area contributed by atoms with Gasteiger partial charge in [-0.1, -0.05) is 32.3 Å². The average Bonchev–Trinajstić information content (AvgIpc) is 3.08. The maximum absolute atomic E-state index is 13.0. The van der Waals surface area contributed by atoms with E-state index in [4.69, 9.17) is 10.3 Å². The first-order chi connectivity index (χ1) is 14.2. The lowest BCUT2D eigenvalue weighted by Crippen LogP contribution is -2.42. The van der Waals surface area contributed by atoms with Crippen molar-refractivity contribution in [3.05, 3.63) is 32.6 Å². The number of aromatic nitrogens is 4. The Bertz CT molecular complexity index is 965. The van der Waals surface area contributed by atoms with Crippen molar-refractivity contribution in [1.82, 2.24) is 19.7 Å². The summed E-state index contributed by atoms with van der Waals surface area (Å²) in [6.07, 6.45) is 2.28. The number of anilines is 2. The van der Waals surface area contributed by atoms with Crippen molar-refractivity contribution in [2.45, 2.75) is 59.3 Å². The summed E-state index contributed by atoms with van der Waals surface area (Å²) < 4.78 is 6.25. The fourth-order valence-corrected chi connectivity index (χ4v) is 3.56. The van der Waals surface area contributed by atoms with Crippen molar-refractivity contribution < 1.29 is 9.32 Å². The molecule has 3 N–H and O–H groups in total. The van der Waals surface area contributed by atoms with Crippen LogP contribution in [0, 0.1) is 12.8 Å². The number of H-pyrrole nitrogens is 1. The van der Waals surface area contributed by atoms with E-state index >= 15 is 0 Å². The molecule has 0 bridgehead atoms. The summed E-state index contributed by atoms with van der Waals surface area (Å²) >= 11 is 1.32. The zero-order valence-corrected chi connectivity index (χ0v) is 18.8. The average molecular weight is 439 g/mol. The molecule has 0 aromatic carbocycles. The molecule has 166 valence electrons. The van der Waals surface area contributed by atoms with E-state index in [2.05, 4.69) is 15.1 Å². The first-order valence-electron chi connectivity index (χ1n) is 10.0. The Labute approximate surface area is 179 Å². The number of aromatic amines is 1. The number of nitrogens with one attached hydrogen (secondary N) is 1. The number of hydrogen-bond acceptors (Lipinski definition) is 8. The predicted molar refractivity (Wildman–Crippen MR) is 118 cm³/mol. The molecule has 2 rings (SSSR count). The highest BCUT2D eigenvalue weighted by Crippen LogP contribution is 2.21. The second-order valence-corrected chi connectivity index (χ2v) is 8.43. The first-order valence-corrected chi connectivity index (χ1v) is 11.2. The summed E-state index contributed by atoms with van der Waals surface area (Å²) in [5.41, 5.74) is 5.02. The Morgan fingerprint density at radius 3 is 2.70 bits per heavy atom. The minimum atomic E-state index is -0.652. The van der Waals surface area contributed by atoms with Gasteiger partial charge in [-0.2, -0.15) is 4.98 Å². The molecule has 2 aromatic heterocycles. The summed E-state index contributed by atoms with van der Waals surface area (Å²) in [5, 5.41) is 3.81. The van der Waals surface area contributed by atoms with E-state index in [1.165, 1.54) is 21.2 Å². The van der Waals surface area contributed by atoms with Crippen molar-refractivity contribution in [2.24, 2.45) is 5.92 Å². The summed E-state index contributed by atoms with van der Waals surface area (Å²) in [5.74, 6) is 1.56. The highest BCUT2D eigenvalue weighted by Gasteiger charge is 2.24. The third kappa shape index (κ3) is 6.22. The van der Waals surface area contributed by atoms with Crippen LogP contribution in [-0.2, 0) is 17.1 Å². The van der Waals surface area contributed by atoms with E-state index in [9.17, 15) is 14.4 Å². The number of nitrogens with two attached hydrogens (primary N) is 1. The van der Waals surface area contributed by atoms with Crippen LogP contribution in [0.4, 0.5) is 11.5 Å². The molecular formula is C19H30N6O4S. The molecule has 0 saturated heterocycles. The number of carbonyl (C=O) groups excluding carboxylic acids is 1. The normalized spacial score (nSPS) is 11.2. The van der Waals surface area contributed by atoms with Gasteiger partial charge in [0.25, 0.3) is 5.56 Å². The zero-order chi connectivity index (χ0) is 22.3. The molecule has 0 aliphatic rings. The summed E-state index contributed by atoms with van der Waals surface area (Å²) in [6, 6.07) is 0. The van der Waals surface area contributed by atoms with Crippen LogP contribution in [0.2, 0.25) is 0 Å². The fraction of sp³-hybridized carbons (Fsp3) is 0.632. The van der Waals surface area contributed by atoms with Crippen molar-refractivity contribution >= 4 is 29.2 Å². The number of hydrogen-bond donors (Lipinski definition) is 2. The number of thioether (sulfide) groups is 1. The number of carbonyl (C=O) groups is 1. The van der Waals surface area contributed by atoms with E-state index in [-0.39, 0.29) is 23.2 Å². The van der Waals surface area contributed by atoms with E-state index in [0.717, 1.165) is 12.8 Å². The number of unbranched alkanes of at least 4 members (excludes halogenated alkanes) is 1. The van der Waals surface area contributed by atoms with Crippen molar-refractivity contribution in [3.8, 4) is 0 Å². The van der Waals surface area contributed by atoms with Crippen LogP contribution < -0.4 is 21.9 Å². The van der Waals surface area contributed by atoms with E-state index in [1.807, 2.05) is 20.8 Å². The van der Waals surface area contributed by atoms with Crippen LogP contribution >= 0.6 is 11.8 Å². The maximum atomic E-state index is 13.0. The lowest BCUT2D eigenvalue weighted by atomic mass is 10.1. The quantitative estimate of drug-likeness (QED) is 0.542. The third-order valence-corrected chi connectivity index (χ3v) is 5.39. The second-order valence-electron chi connectivity index (χ2n) is 7.45. The van der Waals surface area contributed by atoms with Crippen LogP contribution in [0.5, 0.6) is 0 Å². The van der Waals surface area contributed by atoms with Gasteiger partial charge in [-0.3, -0.25) is 19.1 Å². The molecule has 1 amide bonds. The molecule has 11 heteroatoms. The van der Waals surface area contributed by atoms with Gasteiger partial charge in [0, 0.05) is 20.0 Å². The van der Waals surface area contributed by atoms with Crippen LogP contribution in [0.15, 0.2) is 14.1 Å². The third-order valence-electron chi connectivity index (χ3n) is 4.48. The lowest BCUT2D eigenvalue weighted by Gasteiger charge is -2.25. The Morgan fingerprint density at radius 2 is 2.10 bits per heavy atom. The predicted octanol–water partition coefficient (Wildman–Crippen LogP) is 1.92. The molecule has 30 heavy (non-hydrogen) atoms. The molecule has 0 fully saturated rings. The molecule has 2 heterocycles. The van der Waals surface area contributed by atoms with Gasteiger partial charge in [0.2, 0.25) is 11.8 Å². The van der Waals surface area contributed by atoms with Gasteiger partial charge in [0.05, 0.1) is 11.5 Å². The van der Waals surface area contributed by atoms with Gasteiger partial charge < -0.3 is 15.2 Å². The summed E-state index contributed by atoms with van der Waals surface area (Å²) in [4.78, 5) is 45.6. The Morgan fingerprint density at radius 1 is 1.37 bits per heavy atom. The standard InChI is InChI=1S/C19H30N6O4S/c1-5-6-8-25-17(20)16(18(27)22-19(25)28)24(9-7-12(2)3)15(26)11-30-10-14-21-13(4)29-23-14/h12H,5-11,20H2,1-4H3,(H,22,27,28).